The van der Waals surface area contributed by atoms with Gasteiger partial charge in [-0.1, -0.05) is 12.1 Å². The lowest BCUT2D eigenvalue weighted by molar-refractivity contribution is 0.193. The summed E-state index contributed by atoms with van der Waals surface area (Å²) < 4.78 is 12.9. The summed E-state index contributed by atoms with van der Waals surface area (Å²) in [5.41, 5.74) is 2.63. The average molecular weight is 338 g/mol. The first-order chi connectivity index (χ1) is 12.2. The van der Waals surface area contributed by atoms with E-state index < -0.39 is 0 Å². The number of urea groups is 1. The van der Waals surface area contributed by atoms with Crippen molar-refractivity contribution >= 4 is 22.8 Å². The topological polar surface area (TPSA) is 61.0 Å². The number of para-hydroxylation sites is 2. The van der Waals surface area contributed by atoms with Crippen molar-refractivity contribution in [3.63, 3.8) is 0 Å². The first kappa shape index (κ1) is 15.6. The van der Waals surface area contributed by atoms with Crippen LogP contribution in [0.5, 0.6) is 0 Å². The molecule has 0 saturated carbocycles. The Bertz CT molecular complexity index is 849. The van der Waals surface area contributed by atoms with Crippen LogP contribution in [-0.2, 0) is 0 Å². The number of carbonyl (C=O) groups is 1. The van der Waals surface area contributed by atoms with Crippen molar-refractivity contribution < 1.29 is 9.18 Å². The number of hydrogen-bond donors (Lipinski definition) is 2. The lowest BCUT2D eigenvalue weighted by Crippen LogP contribution is -2.40. The van der Waals surface area contributed by atoms with Gasteiger partial charge in [-0.15, -0.1) is 0 Å². The van der Waals surface area contributed by atoms with E-state index in [1.807, 2.05) is 24.3 Å². The number of anilines is 1. The van der Waals surface area contributed by atoms with E-state index in [0.717, 1.165) is 29.7 Å². The van der Waals surface area contributed by atoms with Gasteiger partial charge in [-0.25, -0.2) is 14.2 Å². The number of piperidine rings is 1. The molecule has 0 radical (unpaired) electrons. The highest BCUT2D eigenvalue weighted by Crippen LogP contribution is 2.28. The fourth-order valence-corrected chi connectivity index (χ4v) is 3.26. The van der Waals surface area contributed by atoms with Gasteiger partial charge in [0.25, 0.3) is 0 Å². The monoisotopic (exact) mass is 338 g/mol. The summed E-state index contributed by atoms with van der Waals surface area (Å²) in [5, 5.41) is 2.81. The Hall–Kier alpha value is -2.89. The number of carbonyl (C=O) groups excluding carboxylic acids is 1. The van der Waals surface area contributed by atoms with Crippen LogP contribution in [0.25, 0.3) is 11.0 Å². The maximum absolute atomic E-state index is 12.9. The molecule has 5 nitrogen and oxygen atoms in total. The molecule has 0 unspecified atom stereocenters. The summed E-state index contributed by atoms with van der Waals surface area (Å²) in [6.07, 6.45) is 1.74. The molecule has 0 atom stereocenters. The predicted molar refractivity (Wildman–Crippen MR) is 95.1 cm³/mol. The number of imidazole rings is 1. The van der Waals surface area contributed by atoms with E-state index in [1.54, 1.807) is 17.0 Å². The third kappa shape index (κ3) is 3.33. The van der Waals surface area contributed by atoms with E-state index in [2.05, 4.69) is 15.3 Å². The second kappa shape index (κ2) is 6.55. The number of benzene rings is 2. The number of aromatic nitrogens is 2. The average Bonchev–Trinajstić information content (AvgIpc) is 3.08. The zero-order valence-electron chi connectivity index (χ0n) is 13.7. The molecule has 2 amide bonds. The molecule has 4 rings (SSSR count). The van der Waals surface area contributed by atoms with Crippen molar-refractivity contribution in [2.45, 2.75) is 18.8 Å². The van der Waals surface area contributed by atoms with Gasteiger partial charge < -0.3 is 15.2 Å². The first-order valence-electron chi connectivity index (χ1n) is 8.45. The Morgan fingerprint density at radius 1 is 1.12 bits per heavy atom. The van der Waals surface area contributed by atoms with Crippen molar-refractivity contribution in [2.75, 3.05) is 18.4 Å². The smallest absolute Gasteiger partial charge is 0.321 e. The lowest BCUT2D eigenvalue weighted by Gasteiger charge is -2.31. The number of likely N-dealkylation sites (tertiary alicyclic amines) is 1. The van der Waals surface area contributed by atoms with E-state index in [1.165, 1.54) is 12.1 Å². The highest BCUT2D eigenvalue weighted by molar-refractivity contribution is 5.89. The van der Waals surface area contributed by atoms with Gasteiger partial charge in [-0.05, 0) is 49.2 Å². The fourth-order valence-electron chi connectivity index (χ4n) is 3.26. The fraction of sp³-hybridized carbons (Fsp3) is 0.263. The number of aromatic amines is 1. The number of fused-ring (bicyclic) bond motifs is 1. The van der Waals surface area contributed by atoms with Crippen LogP contribution in [0.15, 0.2) is 48.5 Å². The molecule has 0 aliphatic carbocycles. The molecule has 3 aromatic rings. The third-order valence-corrected chi connectivity index (χ3v) is 4.67. The number of halogens is 1. The molecule has 2 heterocycles. The number of amides is 2. The highest BCUT2D eigenvalue weighted by atomic mass is 19.1. The molecule has 2 aromatic carbocycles. The maximum atomic E-state index is 12.9. The largest absolute Gasteiger partial charge is 0.342 e. The molecule has 25 heavy (non-hydrogen) atoms. The Morgan fingerprint density at radius 2 is 1.84 bits per heavy atom. The van der Waals surface area contributed by atoms with E-state index >= 15 is 0 Å². The summed E-state index contributed by atoms with van der Waals surface area (Å²) in [5.74, 6) is 1.02. The molecule has 1 fully saturated rings. The molecule has 1 aromatic heterocycles. The molecular weight excluding hydrogens is 319 g/mol. The SMILES string of the molecule is O=C(Nc1ccc(F)cc1)N1CCC(c2nc3ccccc3[nH]2)CC1. The van der Waals surface area contributed by atoms with Crippen LogP contribution in [0.4, 0.5) is 14.9 Å². The van der Waals surface area contributed by atoms with Crippen LogP contribution in [0, 0.1) is 5.82 Å². The van der Waals surface area contributed by atoms with E-state index in [4.69, 9.17) is 0 Å². The van der Waals surface area contributed by atoms with Crippen molar-refractivity contribution in [1.29, 1.82) is 0 Å². The van der Waals surface area contributed by atoms with Gasteiger partial charge in [0.05, 0.1) is 11.0 Å². The molecule has 6 heteroatoms. The minimum atomic E-state index is -0.315. The number of H-pyrrole nitrogens is 1. The van der Waals surface area contributed by atoms with Gasteiger partial charge in [0.1, 0.15) is 11.6 Å². The first-order valence-corrected chi connectivity index (χ1v) is 8.45. The Balaban J connectivity index is 1.37. The van der Waals surface area contributed by atoms with Crippen molar-refractivity contribution in [1.82, 2.24) is 14.9 Å². The van der Waals surface area contributed by atoms with Crippen molar-refractivity contribution in [2.24, 2.45) is 0 Å². The van der Waals surface area contributed by atoms with Gasteiger partial charge in [-0.2, -0.15) is 0 Å². The van der Waals surface area contributed by atoms with Crippen LogP contribution < -0.4 is 5.32 Å². The zero-order chi connectivity index (χ0) is 17.2. The molecule has 1 aliphatic rings. The molecule has 1 aliphatic heterocycles. The van der Waals surface area contributed by atoms with Gasteiger partial charge in [0, 0.05) is 24.7 Å². The number of hydrogen-bond acceptors (Lipinski definition) is 2. The summed E-state index contributed by atoms with van der Waals surface area (Å²) in [6.45, 7) is 1.35. The zero-order valence-corrected chi connectivity index (χ0v) is 13.7. The lowest BCUT2D eigenvalue weighted by atomic mass is 9.96. The van der Waals surface area contributed by atoms with E-state index in [0.29, 0.717) is 24.7 Å². The molecule has 0 bridgehead atoms. The van der Waals surface area contributed by atoms with Gasteiger partial charge in [0.15, 0.2) is 0 Å². The Labute approximate surface area is 144 Å². The number of nitrogens with zero attached hydrogens (tertiary/aromatic N) is 2. The molecule has 2 N–H and O–H groups in total. The molecule has 0 spiro atoms. The van der Waals surface area contributed by atoms with Crippen molar-refractivity contribution in [3.8, 4) is 0 Å². The third-order valence-electron chi connectivity index (χ3n) is 4.67. The van der Waals surface area contributed by atoms with Crippen molar-refractivity contribution in [3.05, 3.63) is 60.2 Å². The number of rotatable bonds is 2. The van der Waals surface area contributed by atoms with Crippen LogP contribution in [-0.4, -0.2) is 34.0 Å². The van der Waals surface area contributed by atoms with Gasteiger partial charge in [-0.3, -0.25) is 0 Å². The molecule has 1 saturated heterocycles. The van der Waals surface area contributed by atoms with Crippen LogP contribution in [0.1, 0.15) is 24.6 Å². The second-order valence-electron chi connectivity index (χ2n) is 6.34. The van der Waals surface area contributed by atoms with E-state index in [-0.39, 0.29) is 11.8 Å². The molecule has 128 valence electrons. The Kier molecular flexibility index (Phi) is 4.09. The quantitative estimate of drug-likeness (QED) is 0.738. The predicted octanol–water partition coefficient (Wildman–Crippen LogP) is 4.11. The minimum Gasteiger partial charge on any atom is -0.342 e. The van der Waals surface area contributed by atoms with Gasteiger partial charge in [0.2, 0.25) is 0 Å². The second-order valence-corrected chi connectivity index (χ2v) is 6.34. The highest BCUT2D eigenvalue weighted by Gasteiger charge is 2.25. The standard InChI is InChI=1S/C19H19FN4O/c20-14-5-7-15(8-6-14)21-19(25)24-11-9-13(10-12-24)18-22-16-3-1-2-4-17(16)23-18/h1-8,13H,9-12H2,(H,21,25)(H,22,23). The minimum absolute atomic E-state index is 0.144. The normalized spacial score (nSPS) is 15.5. The van der Waals surface area contributed by atoms with Crippen LogP contribution >= 0.6 is 0 Å². The van der Waals surface area contributed by atoms with Gasteiger partial charge >= 0.3 is 6.03 Å². The summed E-state index contributed by atoms with van der Waals surface area (Å²) in [6, 6.07) is 13.7. The number of nitrogens with one attached hydrogen (secondary N) is 2. The summed E-state index contributed by atoms with van der Waals surface area (Å²) in [7, 11) is 0. The molecular formula is C19H19FN4O. The Morgan fingerprint density at radius 3 is 2.56 bits per heavy atom. The van der Waals surface area contributed by atoms with Crippen LogP contribution in [0.3, 0.4) is 0 Å². The van der Waals surface area contributed by atoms with E-state index in [9.17, 15) is 9.18 Å². The summed E-state index contributed by atoms with van der Waals surface area (Å²) >= 11 is 0. The maximum Gasteiger partial charge on any atom is 0.321 e. The van der Waals surface area contributed by atoms with Crippen LogP contribution in [0.2, 0.25) is 0 Å². The summed E-state index contributed by atoms with van der Waals surface area (Å²) in [4.78, 5) is 22.2.